The lowest BCUT2D eigenvalue weighted by atomic mass is 9.87. The van der Waals surface area contributed by atoms with Crippen molar-refractivity contribution in [3.05, 3.63) is 0 Å². The molecule has 0 radical (unpaired) electrons. The van der Waals surface area contributed by atoms with Gasteiger partial charge in [-0.1, -0.05) is 27.2 Å². The number of rotatable bonds is 3. The molecule has 2 heteroatoms. The van der Waals surface area contributed by atoms with Crippen LogP contribution in [0.5, 0.6) is 0 Å². The lowest BCUT2D eigenvalue weighted by molar-refractivity contribution is -0.188. The van der Waals surface area contributed by atoms with Gasteiger partial charge in [-0.3, -0.25) is 0 Å². The molecule has 12 heavy (non-hydrogen) atoms. The van der Waals surface area contributed by atoms with Crippen molar-refractivity contribution in [2.45, 2.75) is 39.9 Å². The molecule has 0 aromatic rings. The lowest BCUT2D eigenvalue weighted by Gasteiger charge is -2.33. The van der Waals surface area contributed by atoms with Gasteiger partial charge in [-0.15, -0.1) is 0 Å². The molecular weight excluding hydrogens is 152 g/mol. The molecule has 0 saturated carbocycles. The Morgan fingerprint density at radius 3 is 2.17 bits per heavy atom. The van der Waals surface area contributed by atoms with Crippen molar-refractivity contribution in [2.75, 3.05) is 13.2 Å². The van der Waals surface area contributed by atoms with Crippen LogP contribution >= 0.6 is 0 Å². The van der Waals surface area contributed by atoms with E-state index in [-0.39, 0.29) is 5.79 Å². The maximum Gasteiger partial charge on any atom is 0.168 e. The summed E-state index contributed by atoms with van der Waals surface area (Å²) in [4.78, 5) is 0. The van der Waals surface area contributed by atoms with Gasteiger partial charge in [0.25, 0.3) is 0 Å². The third-order valence-electron chi connectivity index (χ3n) is 3.19. The Labute approximate surface area is 75.2 Å². The zero-order valence-electron chi connectivity index (χ0n) is 8.59. The minimum absolute atomic E-state index is 0.324. The zero-order valence-corrected chi connectivity index (χ0v) is 8.59. The molecule has 0 aromatic heterocycles. The molecule has 0 spiro atoms. The van der Waals surface area contributed by atoms with E-state index in [0.717, 1.165) is 13.2 Å². The largest absolute Gasteiger partial charge is 0.348 e. The molecule has 72 valence electrons. The van der Waals surface area contributed by atoms with Crippen LogP contribution in [0.1, 0.15) is 34.1 Å². The molecule has 1 aliphatic rings. The van der Waals surface area contributed by atoms with Crippen LogP contribution in [-0.4, -0.2) is 19.0 Å². The Morgan fingerprint density at radius 1 is 1.25 bits per heavy atom. The standard InChI is InChI=1S/C10H20O2/c1-5-8(2)9(3)10(4)11-6-7-12-10/h8-9H,5-7H2,1-4H3. The smallest absolute Gasteiger partial charge is 0.168 e. The van der Waals surface area contributed by atoms with Crippen molar-refractivity contribution < 1.29 is 9.47 Å². The van der Waals surface area contributed by atoms with Gasteiger partial charge < -0.3 is 9.47 Å². The van der Waals surface area contributed by atoms with Gasteiger partial charge in [0.15, 0.2) is 5.79 Å². The van der Waals surface area contributed by atoms with Crippen LogP contribution in [0.3, 0.4) is 0 Å². The SMILES string of the molecule is CCC(C)C(C)C1(C)OCCO1. The molecule has 2 nitrogen and oxygen atoms in total. The van der Waals surface area contributed by atoms with E-state index in [9.17, 15) is 0 Å². The summed E-state index contributed by atoms with van der Waals surface area (Å²) in [5.41, 5.74) is 0. The fourth-order valence-electron chi connectivity index (χ4n) is 1.66. The van der Waals surface area contributed by atoms with Crippen molar-refractivity contribution in [3.8, 4) is 0 Å². The van der Waals surface area contributed by atoms with Gasteiger partial charge in [-0.2, -0.15) is 0 Å². The van der Waals surface area contributed by atoms with Gasteiger partial charge in [-0.25, -0.2) is 0 Å². The van der Waals surface area contributed by atoms with Crippen LogP contribution in [0, 0.1) is 11.8 Å². The first-order chi connectivity index (χ1) is 5.60. The quantitative estimate of drug-likeness (QED) is 0.651. The highest BCUT2D eigenvalue weighted by Gasteiger charge is 2.39. The first kappa shape index (κ1) is 10.0. The van der Waals surface area contributed by atoms with Gasteiger partial charge in [-0.05, 0) is 12.8 Å². The van der Waals surface area contributed by atoms with Crippen LogP contribution in [0.2, 0.25) is 0 Å². The third kappa shape index (κ3) is 1.80. The Balaban J connectivity index is 2.54. The van der Waals surface area contributed by atoms with Gasteiger partial charge in [0.2, 0.25) is 0 Å². The third-order valence-corrected chi connectivity index (χ3v) is 3.19. The summed E-state index contributed by atoms with van der Waals surface area (Å²) >= 11 is 0. The van der Waals surface area contributed by atoms with E-state index in [1.165, 1.54) is 6.42 Å². The minimum atomic E-state index is -0.324. The summed E-state index contributed by atoms with van der Waals surface area (Å²) in [6.45, 7) is 10.2. The first-order valence-electron chi connectivity index (χ1n) is 4.88. The maximum absolute atomic E-state index is 5.60. The molecule has 1 rings (SSSR count). The zero-order chi connectivity index (χ0) is 9.19. The molecule has 1 aliphatic heterocycles. The molecule has 0 bridgehead atoms. The monoisotopic (exact) mass is 172 g/mol. The second kappa shape index (κ2) is 3.75. The number of hydrogen-bond acceptors (Lipinski definition) is 2. The summed E-state index contributed by atoms with van der Waals surface area (Å²) in [6.07, 6.45) is 1.18. The highest BCUT2D eigenvalue weighted by Crippen LogP contribution is 2.33. The van der Waals surface area contributed by atoms with Crippen molar-refractivity contribution in [1.82, 2.24) is 0 Å². The van der Waals surface area contributed by atoms with E-state index in [1.807, 2.05) is 0 Å². The van der Waals surface area contributed by atoms with E-state index in [1.54, 1.807) is 0 Å². The molecule has 1 saturated heterocycles. The van der Waals surface area contributed by atoms with Crippen molar-refractivity contribution in [3.63, 3.8) is 0 Å². The fourth-order valence-corrected chi connectivity index (χ4v) is 1.66. The molecular formula is C10H20O2. The highest BCUT2D eigenvalue weighted by atomic mass is 16.7. The lowest BCUT2D eigenvalue weighted by Crippen LogP contribution is -2.37. The van der Waals surface area contributed by atoms with Crippen LogP contribution < -0.4 is 0 Å². The van der Waals surface area contributed by atoms with Crippen LogP contribution in [0.15, 0.2) is 0 Å². The normalized spacial score (nSPS) is 27.0. The second-order valence-electron chi connectivity index (χ2n) is 3.89. The van der Waals surface area contributed by atoms with Gasteiger partial charge in [0, 0.05) is 5.92 Å². The molecule has 1 fully saturated rings. The summed E-state index contributed by atoms with van der Waals surface area (Å²) in [5, 5.41) is 0. The van der Waals surface area contributed by atoms with Crippen molar-refractivity contribution in [2.24, 2.45) is 11.8 Å². The summed E-state index contributed by atoms with van der Waals surface area (Å²) in [7, 11) is 0. The van der Waals surface area contributed by atoms with E-state index < -0.39 is 0 Å². The second-order valence-corrected chi connectivity index (χ2v) is 3.89. The minimum Gasteiger partial charge on any atom is -0.348 e. The van der Waals surface area contributed by atoms with Crippen molar-refractivity contribution in [1.29, 1.82) is 0 Å². The van der Waals surface area contributed by atoms with Gasteiger partial charge in [0.1, 0.15) is 0 Å². The average Bonchev–Trinajstić information content (AvgIpc) is 2.50. The molecule has 2 unspecified atom stereocenters. The van der Waals surface area contributed by atoms with E-state index in [4.69, 9.17) is 9.47 Å². The van der Waals surface area contributed by atoms with Crippen LogP contribution in [0.25, 0.3) is 0 Å². The topological polar surface area (TPSA) is 18.5 Å². The summed E-state index contributed by atoms with van der Waals surface area (Å²) in [6, 6.07) is 0. The highest BCUT2D eigenvalue weighted by molar-refractivity contribution is 4.78. The molecule has 1 heterocycles. The van der Waals surface area contributed by atoms with E-state index in [2.05, 4.69) is 27.7 Å². The van der Waals surface area contributed by atoms with Gasteiger partial charge >= 0.3 is 0 Å². The molecule has 0 aliphatic carbocycles. The Kier molecular flexibility index (Phi) is 3.13. The average molecular weight is 172 g/mol. The molecule has 0 N–H and O–H groups in total. The number of ether oxygens (including phenoxy) is 2. The maximum atomic E-state index is 5.60. The Hall–Kier alpha value is -0.0800. The Morgan fingerprint density at radius 2 is 1.75 bits per heavy atom. The summed E-state index contributed by atoms with van der Waals surface area (Å²) in [5.74, 6) is 0.813. The molecule has 0 amide bonds. The van der Waals surface area contributed by atoms with E-state index in [0.29, 0.717) is 11.8 Å². The molecule has 0 aromatic carbocycles. The predicted octanol–water partition coefficient (Wildman–Crippen LogP) is 2.43. The van der Waals surface area contributed by atoms with Crippen LogP contribution in [0.4, 0.5) is 0 Å². The van der Waals surface area contributed by atoms with Crippen LogP contribution in [-0.2, 0) is 9.47 Å². The van der Waals surface area contributed by atoms with Crippen molar-refractivity contribution >= 4 is 0 Å². The molecule has 2 atom stereocenters. The van der Waals surface area contributed by atoms with E-state index >= 15 is 0 Å². The number of hydrogen-bond donors (Lipinski definition) is 0. The fraction of sp³-hybridized carbons (Fsp3) is 1.00. The summed E-state index contributed by atoms with van der Waals surface area (Å²) < 4.78 is 11.2. The Bertz CT molecular complexity index is 139. The first-order valence-corrected chi connectivity index (χ1v) is 4.88. The van der Waals surface area contributed by atoms with Gasteiger partial charge in [0.05, 0.1) is 13.2 Å². The predicted molar refractivity (Wildman–Crippen MR) is 48.9 cm³/mol.